The second-order valence-electron chi connectivity index (χ2n) is 3.47. The molecule has 0 heterocycles. The Balaban J connectivity index is 3.42. The lowest BCUT2D eigenvalue weighted by molar-refractivity contribution is 0.101. The molecule has 0 aliphatic rings. The van der Waals surface area contributed by atoms with Crippen molar-refractivity contribution >= 4 is 5.78 Å². The van der Waals surface area contributed by atoms with E-state index in [9.17, 15) is 4.79 Å². The van der Waals surface area contributed by atoms with Crippen LogP contribution in [0.25, 0.3) is 0 Å². The van der Waals surface area contributed by atoms with Crippen molar-refractivity contribution in [3.05, 3.63) is 28.8 Å². The summed E-state index contributed by atoms with van der Waals surface area (Å²) in [5, 5.41) is 8.88. The molecule has 16 heavy (non-hydrogen) atoms. The molecule has 0 atom stereocenters. The average molecular weight is 217 g/mol. The van der Waals surface area contributed by atoms with Gasteiger partial charge in [-0.05, 0) is 38.0 Å². The highest BCUT2D eigenvalue weighted by molar-refractivity contribution is 5.97. The fraction of sp³-hybridized carbons (Fsp3) is 0.385. The number of aryl methyl sites for hydroxylation is 1. The first-order chi connectivity index (χ1) is 7.63. The summed E-state index contributed by atoms with van der Waals surface area (Å²) in [4.78, 5) is 11.5. The summed E-state index contributed by atoms with van der Waals surface area (Å²) < 4.78 is 5.49. The molecule has 0 fully saturated rings. The van der Waals surface area contributed by atoms with Gasteiger partial charge in [0.25, 0.3) is 0 Å². The van der Waals surface area contributed by atoms with Crippen LogP contribution in [0.15, 0.2) is 12.1 Å². The minimum atomic E-state index is -0.0738. The Bertz CT molecular complexity index is 444. The van der Waals surface area contributed by atoms with E-state index in [1.165, 1.54) is 6.92 Å². The minimum Gasteiger partial charge on any atom is -0.493 e. The van der Waals surface area contributed by atoms with Gasteiger partial charge in [0.05, 0.1) is 23.8 Å². The Labute approximate surface area is 95.7 Å². The molecule has 3 heteroatoms. The zero-order valence-electron chi connectivity index (χ0n) is 9.83. The van der Waals surface area contributed by atoms with Crippen molar-refractivity contribution in [1.82, 2.24) is 0 Å². The van der Waals surface area contributed by atoms with Crippen molar-refractivity contribution in [3.63, 3.8) is 0 Å². The molecular formula is C13H15NO2. The molecule has 0 N–H and O–H groups in total. The van der Waals surface area contributed by atoms with Crippen LogP contribution in [0.5, 0.6) is 5.75 Å². The number of benzene rings is 1. The fourth-order valence-corrected chi connectivity index (χ4v) is 1.59. The number of ether oxygens (including phenoxy) is 1. The van der Waals surface area contributed by atoms with Gasteiger partial charge in [-0.1, -0.05) is 6.92 Å². The highest BCUT2D eigenvalue weighted by Gasteiger charge is 2.14. The number of nitrogens with zero attached hydrogens (tertiary/aromatic N) is 1. The van der Waals surface area contributed by atoms with E-state index < -0.39 is 0 Å². The molecule has 0 radical (unpaired) electrons. The summed E-state index contributed by atoms with van der Waals surface area (Å²) in [6.45, 7) is 5.85. The first-order valence-corrected chi connectivity index (χ1v) is 5.34. The highest BCUT2D eigenvalue weighted by Crippen LogP contribution is 2.27. The molecule has 1 rings (SSSR count). The van der Waals surface area contributed by atoms with Gasteiger partial charge >= 0.3 is 0 Å². The second-order valence-corrected chi connectivity index (χ2v) is 3.47. The third kappa shape index (κ3) is 2.40. The first-order valence-electron chi connectivity index (χ1n) is 5.34. The van der Waals surface area contributed by atoms with E-state index in [0.29, 0.717) is 23.5 Å². The van der Waals surface area contributed by atoms with E-state index >= 15 is 0 Å². The summed E-state index contributed by atoms with van der Waals surface area (Å²) in [7, 11) is 0. The monoisotopic (exact) mass is 217 g/mol. The van der Waals surface area contributed by atoms with Gasteiger partial charge in [0, 0.05) is 0 Å². The lowest BCUT2D eigenvalue weighted by atomic mass is 10.0. The van der Waals surface area contributed by atoms with Crippen molar-refractivity contribution in [1.29, 1.82) is 5.26 Å². The Kier molecular flexibility index (Phi) is 4.07. The standard InChI is InChI=1S/C13H15NO2/c1-4-11-6-10(8-14)7-12(9(3)15)13(11)16-5-2/h6-7H,4-5H2,1-3H3. The van der Waals surface area contributed by atoms with Gasteiger partial charge in [-0.25, -0.2) is 0 Å². The van der Waals surface area contributed by atoms with Crippen molar-refractivity contribution in [2.45, 2.75) is 27.2 Å². The van der Waals surface area contributed by atoms with E-state index in [0.717, 1.165) is 12.0 Å². The fourth-order valence-electron chi connectivity index (χ4n) is 1.59. The Morgan fingerprint density at radius 1 is 1.44 bits per heavy atom. The lowest BCUT2D eigenvalue weighted by Gasteiger charge is -2.13. The maximum Gasteiger partial charge on any atom is 0.163 e. The van der Waals surface area contributed by atoms with Gasteiger partial charge in [0.2, 0.25) is 0 Å². The molecule has 0 aliphatic carbocycles. The quantitative estimate of drug-likeness (QED) is 0.728. The van der Waals surface area contributed by atoms with Gasteiger partial charge < -0.3 is 4.74 Å². The third-order valence-corrected chi connectivity index (χ3v) is 2.34. The van der Waals surface area contributed by atoms with E-state index in [1.54, 1.807) is 12.1 Å². The van der Waals surface area contributed by atoms with E-state index in [-0.39, 0.29) is 5.78 Å². The van der Waals surface area contributed by atoms with E-state index in [4.69, 9.17) is 10.00 Å². The molecular weight excluding hydrogens is 202 g/mol. The van der Waals surface area contributed by atoms with Crippen LogP contribution in [0, 0.1) is 11.3 Å². The summed E-state index contributed by atoms with van der Waals surface area (Å²) in [5.41, 5.74) is 1.91. The SMILES string of the molecule is CCOc1c(CC)cc(C#N)cc1C(C)=O. The molecule has 3 nitrogen and oxygen atoms in total. The largest absolute Gasteiger partial charge is 0.493 e. The number of hydrogen-bond donors (Lipinski definition) is 0. The summed E-state index contributed by atoms with van der Waals surface area (Å²) in [6, 6.07) is 5.42. The van der Waals surface area contributed by atoms with Crippen LogP contribution in [0.2, 0.25) is 0 Å². The topological polar surface area (TPSA) is 50.1 Å². The lowest BCUT2D eigenvalue weighted by Crippen LogP contribution is -2.04. The van der Waals surface area contributed by atoms with Crippen molar-refractivity contribution in [3.8, 4) is 11.8 Å². The maximum absolute atomic E-state index is 11.5. The Morgan fingerprint density at radius 2 is 2.12 bits per heavy atom. The smallest absolute Gasteiger partial charge is 0.163 e. The molecule has 84 valence electrons. The van der Waals surface area contributed by atoms with Crippen LogP contribution in [-0.2, 0) is 6.42 Å². The molecule has 0 bridgehead atoms. The van der Waals surface area contributed by atoms with E-state index in [1.807, 2.05) is 13.8 Å². The molecule has 0 aliphatic heterocycles. The summed E-state index contributed by atoms with van der Waals surface area (Å²) in [5.74, 6) is 0.548. The van der Waals surface area contributed by atoms with Crippen LogP contribution in [0.1, 0.15) is 42.3 Å². The predicted octanol–water partition coefficient (Wildman–Crippen LogP) is 2.72. The zero-order valence-corrected chi connectivity index (χ0v) is 9.83. The third-order valence-electron chi connectivity index (χ3n) is 2.34. The van der Waals surface area contributed by atoms with E-state index in [2.05, 4.69) is 6.07 Å². The van der Waals surface area contributed by atoms with Crippen molar-refractivity contribution < 1.29 is 9.53 Å². The van der Waals surface area contributed by atoms with Gasteiger partial charge in [0.1, 0.15) is 5.75 Å². The van der Waals surface area contributed by atoms with Crippen LogP contribution in [0.4, 0.5) is 0 Å². The number of Topliss-reactive ketones (excluding diaryl/α,β-unsaturated/α-hetero) is 1. The van der Waals surface area contributed by atoms with Crippen molar-refractivity contribution in [2.75, 3.05) is 6.61 Å². The Hall–Kier alpha value is -1.82. The Morgan fingerprint density at radius 3 is 2.56 bits per heavy atom. The van der Waals surface area contributed by atoms with Gasteiger partial charge in [-0.3, -0.25) is 4.79 Å². The van der Waals surface area contributed by atoms with Crippen LogP contribution in [0.3, 0.4) is 0 Å². The molecule has 0 spiro atoms. The van der Waals surface area contributed by atoms with Crippen molar-refractivity contribution in [2.24, 2.45) is 0 Å². The average Bonchev–Trinajstić information content (AvgIpc) is 2.29. The molecule has 0 unspecified atom stereocenters. The van der Waals surface area contributed by atoms with Crippen LogP contribution < -0.4 is 4.74 Å². The maximum atomic E-state index is 11.5. The summed E-state index contributed by atoms with van der Waals surface area (Å²) >= 11 is 0. The number of rotatable bonds is 4. The predicted molar refractivity (Wildman–Crippen MR) is 61.7 cm³/mol. The van der Waals surface area contributed by atoms with Gasteiger partial charge in [-0.2, -0.15) is 5.26 Å². The zero-order chi connectivity index (χ0) is 12.1. The molecule has 0 saturated carbocycles. The number of carbonyl (C=O) groups is 1. The second kappa shape index (κ2) is 5.32. The normalized spacial score (nSPS) is 9.62. The van der Waals surface area contributed by atoms with Gasteiger partial charge in [-0.15, -0.1) is 0 Å². The molecule has 0 saturated heterocycles. The molecule has 0 amide bonds. The number of hydrogen-bond acceptors (Lipinski definition) is 3. The molecule has 1 aromatic rings. The number of nitriles is 1. The van der Waals surface area contributed by atoms with Crippen LogP contribution >= 0.6 is 0 Å². The number of ketones is 1. The minimum absolute atomic E-state index is 0.0738. The number of carbonyl (C=O) groups excluding carboxylic acids is 1. The van der Waals surface area contributed by atoms with Crippen LogP contribution in [-0.4, -0.2) is 12.4 Å². The highest BCUT2D eigenvalue weighted by atomic mass is 16.5. The van der Waals surface area contributed by atoms with Gasteiger partial charge in [0.15, 0.2) is 5.78 Å². The first kappa shape index (κ1) is 12.3. The molecule has 1 aromatic carbocycles. The molecule has 0 aromatic heterocycles. The summed E-state index contributed by atoms with van der Waals surface area (Å²) in [6.07, 6.45) is 0.741.